The molecule has 7 nitrogen and oxygen atoms in total. The van der Waals surface area contributed by atoms with Crippen LogP contribution in [0.4, 0.5) is 11.4 Å². The van der Waals surface area contributed by atoms with Gasteiger partial charge in [0.05, 0.1) is 23.8 Å². The first-order chi connectivity index (χ1) is 15.6. The lowest BCUT2D eigenvalue weighted by Gasteiger charge is -2.29. The Bertz CT molecular complexity index is 1300. The summed E-state index contributed by atoms with van der Waals surface area (Å²) in [5.74, 6) is 0.420. The number of benzene rings is 2. The molecule has 4 aromatic rings. The molecule has 0 spiro atoms. The van der Waals surface area contributed by atoms with Gasteiger partial charge in [-0.05, 0) is 55.0 Å². The van der Waals surface area contributed by atoms with Gasteiger partial charge in [0.2, 0.25) is 0 Å². The minimum Gasteiger partial charge on any atom is -0.378 e. The van der Waals surface area contributed by atoms with E-state index in [4.69, 9.17) is 16.3 Å². The maximum atomic E-state index is 12.9. The van der Waals surface area contributed by atoms with E-state index in [0.29, 0.717) is 46.5 Å². The lowest BCUT2D eigenvalue weighted by atomic mass is 10.1. The molecule has 0 aliphatic carbocycles. The van der Waals surface area contributed by atoms with Crippen LogP contribution in [0.2, 0.25) is 5.02 Å². The largest absolute Gasteiger partial charge is 0.378 e. The summed E-state index contributed by atoms with van der Waals surface area (Å²) in [5, 5.41) is 3.51. The molecule has 8 heteroatoms. The number of carbonyl (C=O) groups is 1. The van der Waals surface area contributed by atoms with Crippen molar-refractivity contribution >= 4 is 40.0 Å². The quantitative estimate of drug-likeness (QED) is 0.474. The summed E-state index contributed by atoms with van der Waals surface area (Å²) in [6, 6.07) is 15.0. The van der Waals surface area contributed by atoms with Crippen LogP contribution in [0.15, 0.2) is 54.7 Å². The van der Waals surface area contributed by atoms with E-state index in [2.05, 4.69) is 25.2 Å². The van der Waals surface area contributed by atoms with Gasteiger partial charge in [-0.1, -0.05) is 17.7 Å². The molecule has 1 saturated heterocycles. The Morgan fingerprint density at radius 2 is 2.00 bits per heavy atom. The number of carbonyl (C=O) groups excluding carboxylic acids is 1. The van der Waals surface area contributed by atoms with E-state index in [0.717, 1.165) is 29.9 Å². The van der Waals surface area contributed by atoms with Gasteiger partial charge in [-0.25, -0.2) is 9.97 Å². The summed E-state index contributed by atoms with van der Waals surface area (Å²) in [7, 11) is 0. The number of fused-ring (bicyclic) bond motifs is 1. The number of hydrogen-bond acceptors (Lipinski definition) is 5. The van der Waals surface area contributed by atoms with Crippen molar-refractivity contribution in [3.8, 4) is 11.4 Å². The molecular formula is C24H22ClN5O2. The highest BCUT2D eigenvalue weighted by Gasteiger charge is 2.15. The zero-order chi connectivity index (χ0) is 22.1. The molecular weight excluding hydrogens is 426 g/mol. The molecule has 162 valence electrons. The number of imidazole rings is 1. The van der Waals surface area contributed by atoms with Crippen LogP contribution >= 0.6 is 11.6 Å². The van der Waals surface area contributed by atoms with Crippen LogP contribution in [0.5, 0.6) is 0 Å². The zero-order valence-corrected chi connectivity index (χ0v) is 18.3. The van der Waals surface area contributed by atoms with Crippen LogP contribution in [0.1, 0.15) is 15.9 Å². The van der Waals surface area contributed by atoms with Crippen LogP contribution in [-0.4, -0.2) is 47.2 Å². The van der Waals surface area contributed by atoms with Crippen molar-refractivity contribution in [3.05, 3.63) is 70.9 Å². The number of amides is 1. The van der Waals surface area contributed by atoms with E-state index in [1.165, 1.54) is 0 Å². The topological polar surface area (TPSA) is 83.1 Å². The highest BCUT2D eigenvalue weighted by molar-refractivity contribution is 6.33. The van der Waals surface area contributed by atoms with Gasteiger partial charge in [0, 0.05) is 41.8 Å². The summed E-state index contributed by atoms with van der Waals surface area (Å²) in [6.45, 7) is 5.00. The maximum absolute atomic E-state index is 12.9. The summed E-state index contributed by atoms with van der Waals surface area (Å²) in [5.41, 5.74) is 5.44. The lowest BCUT2D eigenvalue weighted by Crippen LogP contribution is -2.36. The van der Waals surface area contributed by atoms with Gasteiger partial charge >= 0.3 is 0 Å². The van der Waals surface area contributed by atoms with Crippen molar-refractivity contribution in [2.45, 2.75) is 6.92 Å². The molecule has 0 saturated carbocycles. The van der Waals surface area contributed by atoms with Crippen LogP contribution in [0.25, 0.3) is 22.6 Å². The van der Waals surface area contributed by atoms with Crippen molar-refractivity contribution in [2.75, 3.05) is 36.5 Å². The van der Waals surface area contributed by atoms with E-state index in [-0.39, 0.29) is 5.91 Å². The molecule has 3 heterocycles. The average molecular weight is 448 g/mol. The minimum atomic E-state index is -0.185. The zero-order valence-electron chi connectivity index (χ0n) is 17.6. The minimum absolute atomic E-state index is 0.185. The van der Waals surface area contributed by atoms with Crippen LogP contribution < -0.4 is 10.2 Å². The number of hydrogen-bond donors (Lipinski definition) is 2. The standard InChI is InChI=1S/C24H22ClN5O2/c1-15-11-21-23(26-14-15)29-22(28-21)19-13-17(5-6-20(19)25)27-24(31)16-3-2-4-18(12-16)30-7-9-32-10-8-30/h2-6,11-14H,7-10H2,1H3,(H,27,31)(H,26,28,29). The number of nitrogens with zero attached hydrogens (tertiary/aromatic N) is 3. The van der Waals surface area contributed by atoms with Gasteiger partial charge in [0.1, 0.15) is 5.82 Å². The summed E-state index contributed by atoms with van der Waals surface area (Å²) < 4.78 is 5.42. The summed E-state index contributed by atoms with van der Waals surface area (Å²) >= 11 is 6.44. The van der Waals surface area contributed by atoms with Crippen molar-refractivity contribution in [1.29, 1.82) is 0 Å². The third kappa shape index (κ3) is 4.17. The fourth-order valence-corrected chi connectivity index (χ4v) is 3.99. The number of anilines is 2. The number of nitrogens with one attached hydrogen (secondary N) is 2. The van der Waals surface area contributed by atoms with Gasteiger partial charge < -0.3 is 19.9 Å². The number of H-pyrrole nitrogens is 1. The number of rotatable bonds is 4. The fourth-order valence-electron chi connectivity index (χ4n) is 3.79. The second-order valence-corrected chi connectivity index (χ2v) is 8.17. The Labute approximate surface area is 190 Å². The lowest BCUT2D eigenvalue weighted by molar-refractivity contribution is 0.102. The van der Waals surface area contributed by atoms with Gasteiger partial charge in [0.15, 0.2) is 5.65 Å². The highest BCUT2D eigenvalue weighted by Crippen LogP contribution is 2.30. The molecule has 2 aromatic carbocycles. The number of aryl methyl sites for hydroxylation is 1. The molecule has 2 N–H and O–H groups in total. The van der Waals surface area contributed by atoms with Gasteiger partial charge in [-0.15, -0.1) is 0 Å². The van der Waals surface area contributed by atoms with E-state index >= 15 is 0 Å². The highest BCUT2D eigenvalue weighted by atomic mass is 35.5. The second kappa shape index (κ2) is 8.61. The molecule has 0 atom stereocenters. The maximum Gasteiger partial charge on any atom is 0.255 e. The third-order valence-corrected chi connectivity index (χ3v) is 5.77. The number of aromatic amines is 1. The van der Waals surface area contributed by atoms with Crippen LogP contribution in [0, 0.1) is 6.92 Å². The smallest absolute Gasteiger partial charge is 0.255 e. The first-order valence-corrected chi connectivity index (χ1v) is 10.8. The molecule has 0 radical (unpaired) electrons. The van der Waals surface area contributed by atoms with E-state index < -0.39 is 0 Å². The fraction of sp³-hybridized carbons (Fsp3) is 0.208. The molecule has 5 rings (SSSR count). The predicted octanol–water partition coefficient (Wildman–Crippen LogP) is 4.68. The first-order valence-electron chi connectivity index (χ1n) is 10.4. The number of pyridine rings is 1. The second-order valence-electron chi connectivity index (χ2n) is 7.77. The average Bonchev–Trinajstić information content (AvgIpc) is 3.24. The van der Waals surface area contributed by atoms with E-state index in [9.17, 15) is 4.79 Å². The predicted molar refractivity (Wildman–Crippen MR) is 126 cm³/mol. The Balaban J connectivity index is 1.39. The van der Waals surface area contributed by atoms with Crippen molar-refractivity contribution in [2.24, 2.45) is 0 Å². The molecule has 0 bridgehead atoms. The molecule has 32 heavy (non-hydrogen) atoms. The molecule has 1 amide bonds. The van der Waals surface area contributed by atoms with E-state index in [1.807, 2.05) is 43.3 Å². The normalized spacial score (nSPS) is 14.0. The number of ether oxygens (including phenoxy) is 1. The van der Waals surface area contributed by atoms with Crippen LogP contribution in [-0.2, 0) is 4.74 Å². The third-order valence-electron chi connectivity index (χ3n) is 5.44. The summed E-state index contributed by atoms with van der Waals surface area (Å²) in [4.78, 5) is 27.3. The Hall–Kier alpha value is -3.42. The molecule has 1 fully saturated rings. The Morgan fingerprint density at radius 1 is 1.16 bits per heavy atom. The Morgan fingerprint density at radius 3 is 2.84 bits per heavy atom. The van der Waals surface area contributed by atoms with Crippen molar-refractivity contribution in [1.82, 2.24) is 15.0 Å². The monoisotopic (exact) mass is 447 g/mol. The molecule has 2 aromatic heterocycles. The van der Waals surface area contributed by atoms with Crippen LogP contribution in [0.3, 0.4) is 0 Å². The first kappa shape index (κ1) is 20.5. The molecule has 0 unspecified atom stereocenters. The van der Waals surface area contributed by atoms with Gasteiger partial charge in [-0.3, -0.25) is 4.79 Å². The summed E-state index contributed by atoms with van der Waals surface area (Å²) in [6.07, 6.45) is 1.77. The van der Waals surface area contributed by atoms with Crippen molar-refractivity contribution < 1.29 is 9.53 Å². The molecule has 1 aliphatic heterocycles. The van der Waals surface area contributed by atoms with Gasteiger partial charge in [-0.2, -0.15) is 0 Å². The number of halogens is 1. The molecule has 1 aliphatic rings. The van der Waals surface area contributed by atoms with Gasteiger partial charge in [0.25, 0.3) is 5.91 Å². The number of morpholine rings is 1. The van der Waals surface area contributed by atoms with E-state index in [1.54, 1.807) is 18.3 Å². The number of aromatic nitrogens is 3. The SMILES string of the molecule is Cc1cnc2nc(-c3cc(NC(=O)c4cccc(N5CCOCC5)c4)ccc3Cl)[nH]c2c1. The van der Waals surface area contributed by atoms with Crippen molar-refractivity contribution in [3.63, 3.8) is 0 Å². The Kier molecular flexibility index (Phi) is 5.51.